The van der Waals surface area contributed by atoms with Crippen molar-refractivity contribution in [3.05, 3.63) is 35.9 Å². The van der Waals surface area contributed by atoms with Crippen molar-refractivity contribution < 1.29 is 9.47 Å². The Morgan fingerprint density at radius 1 is 1.30 bits per heavy atom. The van der Waals surface area contributed by atoms with Gasteiger partial charge >= 0.3 is 0 Å². The minimum absolute atomic E-state index is 0. The molecule has 6 heteroatoms. The van der Waals surface area contributed by atoms with Crippen LogP contribution in [0.2, 0.25) is 0 Å². The molecule has 2 aliphatic heterocycles. The van der Waals surface area contributed by atoms with Gasteiger partial charge in [0.1, 0.15) is 0 Å². The zero-order valence-electron chi connectivity index (χ0n) is 16.7. The van der Waals surface area contributed by atoms with E-state index < -0.39 is 0 Å². The van der Waals surface area contributed by atoms with Crippen LogP contribution in [0.1, 0.15) is 31.7 Å². The normalized spacial score (nSPS) is 22.4. The van der Waals surface area contributed by atoms with Crippen LogP contribution in [-0.4, -0.2) is 63.0 Å². The Kier molecular flexibility index (Phi) is 9.32. The van der Waals surface area contributed by atoms with Gasteiger partial charge in [0.2, 0.25) is 0 Å². The second-order valence-corrected chi connectivity index (χ2v) is 7.46. The first-order valence-corrected chi connectivity index (χ1v) is 9.95. The van der Waals surface area contributed by atoms with Crippen LogP contribution in [0, 0.1) is 5.92 Å². The Bertz CT molecular complexity index is 576. The molecule has 0 radical (unpaired) electrons. The number of hydrogen-bond acceptors (Lipinski definition) is 3. The SMILES string of the molecule is CCNC(=NCC1(OC)CCOCC1)N1CCC(Cc2ccccc2)C1.I. The van der Waals surface area contributed by atoms with E-state index in [0.29, 0.717) is 12.5 Å². The molecule has 5 nitrogen and oxygen atoms in total. The second kappa shape index (κ2) is 11.2. The van der Waals surface area contributed by atoms with Crippen molar-refractivity contribution >= 4 is 29.9 Å². The summed E-state index contributed by atoms with van der Waals surface area (Å²) >= 11 is 0. The third kappa shape index (κ3) is 6.32. The molecule has 2 aliphatic rings. The fourth-order valence-electron chi connectivity index (χ4n) is 3.95. The molecule has 1 aromatic rings. The van der Waals surface area contributed by atoms with Gasteiger partial charge in [-0.1, -0.05) is 30.3 Å². The monoisotopic (exact) mass is 487 g/mol. The third-order valence-electron chi connectivity index (χ3n) is 5.64. The van der Waals surface area contributed by atoms with Crippen molar-refractivity contribution in [1.29, 1.82) is 0 Å². The molecule has 0 spiro atoms. The number of nitrogens with zero attached hydrogens (tertiary/aromatic N) is 2. The zero-order chi connectivity index (χ0) is 18.2. The van der Waals surface area contributed by atoms with E-state index in [-0.39, 0.29) is 29.6 Å². The van der Waals surface area contributed by atoms with Gasteiger partial charge in [-0.05, 0) is 31.2 Å². The average Bonchev–Trinajstić information content (AvgIpc) is 3.15. The van der Waals surface area contributed by atoms with Gasteiger partial charge in [0.05, 0.1) is 12.1 Å². The lowest BCUT2D eigenvalue weighted by atomic mass is 9.94. The lowest BCUT2D eigenvalue weighted by Gasteiger charge is -2.35. The van der Waals surface area contributed by atoms with Crippen LogP contribution in [0.25, 0.3) is 0 Å². The highest BCUT2D eigenvalue weighted by molar-refractivity contribution is 14.0. The fourth-order valence-corrected chi connectivity index (χ4v) is 3.95. The summed E-state index contributed by atoms with van der Waals surface area (Å²) in [6.45, 7) is 7.41. The molecule has 0 aliphatic carbocycles. The van der Waals surface area contributed by atoms with Gasteiger partial charge in [-0.3, -0.25) is 4.99 Å². The maximum absolute atomic E-state index is 5.84. The quantitative estimate of drug-likeness (QED) is 0.380. The maximum Gasteiger partial charge on any atom is 0.194 e. The van der Waals surface area contributed by atoms with E-state index in [0.717, 1.165) is 58.1 Å². The van der Waals surface area contributed by atoms with Gasteiger partial charge in [-0.2, -0.15) is 0 Å². The van der Waals surface area contributed by atoms with Gasteiger partial charge in [0, 0.05) is 52.8 Å². The fraction of sp³-hybridized carbons (Fsp3) is 0.667. The first-order chi connectivity index (χ1) is 12.7. The van der Waals surface area contributed by atoms with E-state index in [1.165, 1.54) is 12.0 Å². The molecule has 2 heterocycles. The molecule has 27 heavy (non-hydrogen) atoms. The Labute approximate surface area is 180 Å². The van der Waals surface area contributed by atoms with Crippen molar-refractivity contribution in [2.24, 2.45) is 10.9 Å². The number of rotatable bonds is 6. The Hall–Kier alpha value is -0.860. The molecule has 2 fully saturated rings. The largest absolute Gasteiger partial charge is 0.381 e. The van der Waals surface area contributed by atoms with E-state index in [9.17, 15) is 0 Å². The highest BCUT2D eigenvalue weighted by Gasteiger charge is 2.33. The predicted molar refractivity (Wildman–Crippen MR) is 121 cm³/mol. The van der Waals surface area contributed by atoms with Crippen LogP contribution in [0.5, 0.6) is 0 Å². The van der Waals surface area contributed by atoms with Gasteiger partial charge in [-0.15, -0.1) is 24.0 Å². The number of halogens is 1. The summed E-state index contributed by atoms with van der Waals surface area (Å²) in [6.07, 6.45) is 4.21. The number of methoxy groups -OCH3 is 1. The van der Waals surface area contributed by atoms with Gasteiger partial charge in [0.25, 0.3) is 0 Å². The molecule has 0 amide bonds. The molecule has 2 saturated heterocycles. The molecule has 1 atom stereocenters. The van der Waals surface area contributed by atoms with Crippen molar-refractivity contribution in [2.75, 3.05) is 46.5 Å². The number of aliphatic imine (C=N–C) groups is 1. The number of likely N-dealkylation sites (tertiary alicyclic amines) is 1. The minimum Gasteiger partial charge on any atom is -0.381 e. The summed E-state index contributed by atoms with van der Waals surface area (Å²) < 4.78 is 11.3. The Balaban J connectivity index is 0.00000261. The topological polar surface area (TPSA) is 46.1 Å². The Morgan fingerprint density at radius 3 is 2.70 bits per heavy atom. The highest BCUT2D eigenvalue weighted by atomic mass is 127. The summed E-state index contributed by atoms with van der Waals surface area (Å²) in [6, 6.07) is 10.8. The molecular formula is C21H34IN3O2. The van der Waals surface area contributed by atoms with Crippen LogP contribution in [-0.2, 0) is 15.9 Å². The summed E-state index contributed by atoms with van der Waals surface area (Å²) in [7, 11) is 1.81. The predicted octanol–water partition coefficient (Wildman–Crippen LogP) is 3.33. The number of hydrogen-bond donors (Lipinski definition) is 1. The Morgan fingerprint density at radius 2 is 2.04 bits per heavy atom. The lowest BCUT2D eigenvalue weighted by molar-refractivity contribution is -0.0829. The van der Waals surface area contributed by atoms with Crippen LogP contribution in [0.4, 0.5) is 0 Å². The smallest absolute Gasteiger partial charge is 0.194 e. The summed E-state index contributed by atoms with van der Waals surface area (Å²) in [5.74, 6) is 1.73. The highest BCUT2D eigenvalue weighted by Crippen LogP contribution is 2.25. The maximum atomic E-state index is 5.84. The summed E-state index contributed by atoms with van der Waals surface area (Å²) in [5.41, 5.74) is 1.27. The van der Waals surface area contributed by atoms with Gasteiger partial charge < -0.3 is 19.7 Å². The van der Waals surface area contributed by atoms with Crippen molar-refractivity contribution in [3.8, 4) is 0 Å². The van der Waals surface area contributed by atoms with Crippen LogP contribution >= 0.6 is 24.0 Å². The van der Waals surface area contributed by atoms with Crippen LogP contribution in [0.15, 0.2) is 35.3 Å². The third-order valence-corrected chi connectivity index (χ3v) is 5.64. The van der Waals surface area contributed by atoms with Crippen molar-refractivity contribution in [3.63, 3.8) is 0 Å². The molecule has 0 aromatic heterocycles. The van der Waals surface area contributed by atoms with E-state index >= 15 is 0 Å². The lowest BCUT2D eigenvalue weighted by Crippen LogP contribution is -2.44. The van der Waals surface area contributed by atoms with Gasteiger partial charge in [-0.25, -0.2) is 0 Å². The van der Waals surface area contributed by atoms with Crippen LogP contribution in [0.3, 0.4) is 0 Å². The first-order valence-electron chi connectivity index (χ1n) is 9.95. The molecule has 0 bridgehead atoms. The van der Waals surface area contributed by atoms with E-state index in [1.807, 2.05) is 0 Å². The first kappa shape index (κ1) is 22.4. The molecule has 3 rings (SSSR count). The molecule has 1 unspecified atom stereocenters. The minimum atomic E-state index is -0.165. The van der Waals surface area contributed by atoms with E-state index in [2.05, 4.69) is 47.5 Å². The van der Waals surface area contributed by atoms with Crippen molar-refractivity contribution in [1.82, 2.24) is 10.2 Å². The zero-order valence-corrected chi connectivity index (χ0v) is 19.0. The van der Waals surface area contributed by atoms with E-state index in [1.54, 1.807) is 7.11 Å². The van der Waals surface area contributed by atoms with Crippen LogP contribution < -0.4 is 5.32 Å². The van der Waals surface area contributed by atoms with Gasteiger partial charge in [0.15, 0.2) is 5.96 Å². The standard InChI is InChI=1S/C21H33N3O2.HI/c1-3-22-20(23-17-21(25-2)10-13-26-14-11-21)24-12-9-19(16-24)15-18-7-5-4-6-8-18;/h4-8,19H,3,9-17H2,1-2H3,(H,22,23);1H. The summed E-state index contributed by atoms with van der Waals surface area (Å²) in [4.78, 5) is 7.37. The molecule has 1 aromatic carbocycles. The average molecular weight is 487 g/mol. The number of nitrogens with one attached hydrogen (secondary N) is 1. The summed E-state index contributed by atoms with van der Waals surface area (Å²) in [5, 5.41) is 3.48. The number of benzene rings is 1. The number of ether oxygens (including phenoxy) is 2. The van der Waals surface area contributed by atoms with Crippen molar-refractivity contribution in [2.45, 2.75) is 38.2 Å². The molecular weight excluding hydrogens is 453 g/mol. The molecule has 152 valence electrons. The second-order valence-electron chi connectivity index (χ2n) is 7.46. The molecule has 1 N–H and O–H groups in total. The van der Waals surface area contributed by atoms with E-state index in [4.69, 9.17) is 14.5 Å². The number of guanidine groups is 1. The molecule has 0 saturated carbocycles.